The van der Waals surface area contributed by atoms with Crippen LogP contribution in [0.1, 0.15) is 29.8 Å². The highest BCUT2D eigenvalue weighted by Crippen LogP contribution is 2.12. The van der Waals surface area contributed by atoms with E-state index in [4.69, 9.17) is 0 Å². The number of amides is 1. The number of aryl methyl sites for hydroxylation is 1. The molecule has 0 saturated carbocycles. The van der Waals surface area contributed by atoms with Crippen molar-refractivity contribution in [2.75, 3.05) is 26.2 Å². The van der Waals surface area contributed by atoms with E-state index in [1.807, 2.05) is 20.8 Å². The summed E-state index contributed by atoms with van der Waals surface area (Å²) in [5.41, 5.74) is 0.318. The van der Waals surface area contributed by atoms with Gasteiger partial charge in [0.2, 0.25) is 5.88 Å². The number of nitrogens with zero attached hydrogens (tertiary/aromatic N) is 3. The zero-order valence-electron chi connectivity index (χ0n) is 13.7. The van der Waals surface area contributed by atoms with Crippen LogP contribution in [0.25, 0.3) is 5.65 Å². The van der Waals surface area contributed by atoms with E-state index in [-0.39, 0.29) is 5.56 Å². The van der Waals surface area contributed by atoms with Crippen molar-refractivity contribution in [3.05, 3.63) is 39.8 Å². The molecule has 2 rings (SSSR count). The van der Waals surface area contributed by atoms with E-state index in [0.717, 1.165) is 18.7 Å². The second kappa shape index (κ2) is 7.23. The van der Waals surface area contributed by atoms with Gasteiger partial charge in [0, 0.05) is 19.3 Å². The Morgan fingerprint density at radius 1 is 1.39 bits per heavy atom. The summed E-state index contributed by atoms with van der Waals surface area (Å²) >= 11 is 0. The number of carbonyl (C=O) groups is 1. The molecule has 7 nitrogen and oxygen atoms in total. The van der Waals surface area contributed by atoms with Crippen LogP contribution in [-0.4, -0.2) is 51.5 Å². The molecule has 0 bridgehead atoms. The van der Waals surface area contributed by atoms with Gasteiger partial charge in [0.05, 0.1) is 0 Å². The quantitative estimate of drug-likeness (QED) is 0.822. The number of hydrogen-bond donors (Lipinski definition) is 2. The standard InChI is InChI=1S/C16H22N4O3/c1-4-19(5-2)9-7-17-14(21)13-15(22)18-12-10-11(3)6-8-20(12)16(13)23/h6,8,10,22H,4-5,7,9H2,1-3H3,(H,17,21). The van der Waals surface area contributed by atoms with Gasteiger partial charge in [0.25, 0.3) is 11.5 Å². The number of nitrogens with one attached hydrogen (secondary N) is 1. The van der Waals surface area contributed by atoms with Gasteiger partial charge >= 0.3 is 0 Å². The van der Waals surface area contributed by atoms with Gasteiger partial charge in [0.1, 0.15) is 5.65 Å². The number of carbonyl (C=O) groups excluding carboxylic acids is 1. The number of aromatic nitrogens is 2. The lowest BCUT2D eigenvalue weighted by atomic mass is 10.2. The summed E-state index contributed by atoms with van der Waals surface area (Å²) in [7, 11) is 0. The SMILES string of the molecule is CCN(CC)CCNC(=O)c1c(O)nc2cc(C)ccn2c1=O. The Labute approximate surface area is 134 Å². The summed E-state index contributed by atoms with van der Waals surface area (Å²) in [5.74, 6) is -1.15. The molecule has 7 heteroatoms. The van der Waals surface area contributed by atoms with Crippen LogP contribution in [0.15, 0.2) is 23.1 Å². The van der Waals surface area contributed by atoms with E-state index in [1.165, 1.54) is 4.40 Å². The molecule has 0 unspecified atom stereocenters. The van der Waals surface area contributed by atoms with Gasteiger partial charge in [-0.3, -0.25) is 14.0 Å². The van der Waals surface area contributed by atoms with Crippen molar-refractivity contribution in [1.82, 2.24) is 19.6 Å². The fourth-order valence-corrected chi connectivity index (χ4v) is 2.38. The van der Waals surface area contributed by atoms with Crippen molar-refractivity contribution >= 4 is 11.6 Å². The van der Waals surface area contributed by atoms with E-state index in [9.17, 15) is 14.7 Å². The van der Waals surface area contributed by atoms with Crippen molar-refractivity contribution in [1.29, 1.82) is 0 Å². The number of likely N-dealkylation sites (N-methyl/N-ethyl adjacent to an activating group) is 1. The lowest BCUT2D eigenvalue weighted by molar-refractivity contribution is 0.0943. The highest BCUT2D eigenvalue weighted by Gasteiger charge is 2.19. The van der Waals surface area contributed by atoms with Crippen LogP contribution >= 0.6 is 0 Å². The highest BCUT2D eigenvalue weighted by atomic mass is 16.3. The number of rotatable bonds is 6. The molecule has 0 aliphatic rings. The summed E-state index contributed by atoms with van der Waals surface area (Å²) < 4.78 is 1.26. The number of aromatic hydroxyl groups is 1. The zero-order chi connectivity index (χ0) is 17.0. The zero-order valence-corrected chi connectivity index (χ0v) is 13.7. The first-order valence-electron chi connectivity index (χ1n) is 7.70. The molecule has 0 fully saturated rings. The van der Waals surface area contributed by atoms with E-state index >= 15 is 0 Å². The van der Waals surface area contributed by atoms with E-state index in [2.05, 4.69) is 15.2 Å². The lowest BCUT2D eigenvalue weighted by Gasteiger charge is -2.17. The van der Waals surface area contributed by atoms with Gasteiger partial charge in [-0.25, -0.2) is 0 Å². The van der Waals surface area contributed by atoms with Crippen LogP contribution in [0.3, 0.4) is 0 Å². The monoisotopic (exact) mass is 318 g/mol. The smallest absolute Gasteiger partial charge is 0.274 e. The molecule has 1 amide bonds. The number of pyridine rings is 1. The Kier molecular flexibility index (Phi) is 5.33. The molecule has 0 aromatic carbocycles. The molecule has 2 heterocycles. The molecule has 0 radical (unpaired) electrons. The molecule has 0 spiro atoms. The number of fused-ring (bicyclic) bond motifs is 1. The van der Waals surface area contributed by atoms with Crippen LogP contribution in [0.5, 0.6) is 5.88 Å². The van der Waals surface area contributed by atoms with E-state index < -0.39 is 17.3 Å². The van der Waals surface area contributed by atoms with Gasteiger partial charge in [-0.05, 0) is 37.7 Å². The average Bonchev–Trinajstić information content (AvgIpc) is 2.51. The van der Waals surface area contributed by atoms with Gasteiger partial charge in [0.15, 0.2) is 5.56 Å². The second-order valence-electron chi connectivity index (χ2n) is 5.33. The predicted octanol–water partition coefficient (Wildman–Crippen LogP) is 0.780. The molecule has 0 atom stereocenters. The van der Waals surface area contributed by atoms with E-state index in [1.54, 1.807) is 18.3 Å². The fraction of sp³-hybridized carbons (Fsp3) is 0.438. The molecule has 2 aromatic rings. The Morgan fingerprint density at radius 2 is 2.09 bits per heavy atom. The van der Waals surface area contributed by atoms with Crippen molar-refractivity contribution in [2.45, 2.75) is 20.8 Å². The first kappa shape index (κ1) is 17.0. The molecule has 2 N–H and O–H groups in total. The third-order valence-corrected chi connectivity index (χ3v) is 3.80. The van der Waals surface area contributed by atoms with Crippen LogP contribution in [-0.2, 0) is 0 Å². The third-order valence-electron chi connectivity index (χ3n) is 3.80. The van der Waals surface area contributed by atoms with Gasteiger partial charge in [-0.1, -0.05) is 13.8 Å². The van der Waals surface area contributed by atoms with Gasteiger partial charge in [-0.15, -0.1) is 0 Å². The molecular formula is C16H22N4O3. The topological polar surface area (TPSA) is 86.9 Å². The fourth-order valence-electron chi connectivity index (χ4n) is 2.38. The maximum Gasteiger partial charge on any atom is 0.274 e. The van der Waals surface area contributed by atoms with Crippen LogP contribution in [0, 0.1) is 6.92 Å². The minimum atomic E-state index is -0.609. The van der Waals surface area contributed by atoms with Gasteiger partial charge < -0.3 is 15.3 Å². The maximum atomic E-state index is 12.4. The first-order chi connectivity index (χ1) is 11.0. The Morgan fingerprint density at radius 3 is 2.74 bits per heavy atom. The maximum absolute atomic E-state index is 12.4. The average molecular weight is 318 g/mol. The molecule has 0 saturated heterocycles. The minimum Gasteiger partial charge on any atom is -0.493 e. The molecule has 124 valence electrons. The summed E-state index contributed by atoms with van der Waals surface area (Å²) in [5, 5.41) is 12.6. The van der Waals surface area contributed by atoms with Crippen LogP contribution in [0.2, 0.25) is 0 Å². The summed E-state index contributed by atoms with van der Waals surface area (Å²) in [6, 6.07) is 3.42. The van der Waals surface area contributed by atoms with Crippen molar-refractivity contribution in [3.63, 3.8) is 0 Å². The third kappa shape index (κ3) is 3.68. The summed E-state index contributed by atoms with van der Waals surface area (Å²) in [4.78, 5) is 30.7. The molecule has 23 heavy (non-hydrogen) atoms. The van der Waals surface area contributed by atoms with Crippen LogP contribution < -0.4 is 10.9 Å². The summed E-state index contributed by atoms with van der Waals surface area (Å²) in [6.45, 7) is 8.79. The predicted molar refractivity (Wildman–Crippen MR) is 88.0 cm³/mol. The molecular weight excluding hydrogens is 296 g/mol. The van der Waals surface area contributed by atoms with Crippen LogP contribution in [0.4, 0.5) is 0 Å². The lowest BCUT2D eigenvalue weighted by Crippen LogP contribution is -2.37. The Balaban J connectivity index is 2.24. The highest BCUT2D eigenvalue weighted by molar-refractivity contribution is 5.96. The van der Waals surface area contributed by atoms with Crippen molar-refractivity contribution in [3.8, 4) is 5.88 Å². The molecule has 2 aromatic heterocycles. The van der Waals surface area contributed by atoms with E-state index in [0.29, 0.717) is 18.7 Å². The Bertz CT molecular complexity index is 766. The number of hydrogen-bond acceptors (Lipinski definition) is 5. The molecule has 0 aliphatic heterocycles. The van der Waals surface area contributed by atoms with Gasteiger partial charge in [-0.2, -0.15) is 4.98 Å². The molecule has 0 aliphatic carbocycles. The minimum absolute atomic E-state index is 0.312. The first-order valence-corrected chi connectivity index (χ1v) is 7.70. The Hall–Kier alpha value is -2.41. The van der Waals surface area contributed by atoms with Crippen molar-refractivity contribution < 1.29 is 9.90 Å². The second-order valence-corrected chi connectivity index (χ2v) is 5.33. The summed E-state index contributed by atoms with van der Waals surface area (Å²) in [6.07, 6.45) is 1.55. The normalized spacial score (nSPS) is 11.1. The largest absolute Gasteiger partial charge is 0.493 e. The van der Waals surface area contributed by atoms with Crippen molar-refractivity contribution in [2.24, 2.45) is 0 Å².